The monoisotopic (exact) mass is 339 g/mol. The third kappa shape index (κ3) is 5.78. The van der Waals surface area contributed by atoms with Gasteiger partial charge in [-0.05, 0) is 28.5 Å². The average molecular weight is 340 g/mol. The number of anilines is 1. The van der Waals surface area contributed by atoms with Crippen LogP contribution in [0.25, 0.3) is 0 Å². The molecule has 0 amide bonds. The van der Waals surface area contributed by atoms with E-state index in [0.717, 1.165) is 16.6 Å². The maximum atomic E-state index is 12.2. The highest BCUT2D eigenvalue weighted by atomic mass is 79.9. The number of nitrogens with zero attached hydrogens (tertiary/aromatic N) is 2. The minimum Gasteiger partial charge on any atom is -0.359 e. The van der Waals surface area contributed by atoms with E-state index in [9.17, 15) is 13.2 Å². The second-order valence-electron chi connectivity index (χ2n) is 4.20. The van der Waals surface area contributed by atoms with Crippen molar-refractivity contribution in [2.45, 2.75) is 26.1 Å². The predicted octanol–water partition coefficient (Wildman–Crippen LogP) is 3.34. The molecule has 0 aliphatic heterocycles. The Bertz CT molecular complexity index is 410. The van der Waals surface area contributed by atoms with Gasteiger partial charge in [-0.25, -0.2) is 4.98 Å². The highest BCUT2D eigenvalue weighted by Crippen LogP contribution is 2.24. The first-order valence-corrected chi connectivity index (χ1v) is 6.76. The van der Waals surface area contributed by atoms with Crippen molar-refractivity contribution in [2.24, 2.45) is 0 Å². The lowest BCUT2D eigenvalue weighted by atomic mass is 10.2. The Balaban J connectivity index is 2.79. The number of hydrogen-bond acceptors (Lipinski definition) is 3. The van der Waals surface area contributed by atoms with Crippen LogP contribution in [0.2, 0.25) is 0 Å². The van der Waals surface area contributed by atoms with Crippen molar-refractivity contribution in [3.63, 3.8) is 0 Å². The van der Waals surface area contributed by atoms with E-state index in [2.05, 4.69) is 26.2 Å². The van der Waals surface area contributed by atoms with Crippen molar-refractivity contribution in [2.75, 3.05) is 25.0 Å². The Morgan fingerprint density at radius 3 is 2.68 bits per heavy atom. The fraction of sp³-hybridized carbons (Fsp3) is 0.583. The molecular formula is C12H17BrF3N3. The zero-order valence-electron chi connectivity index (χ0n) is 10.9. The summed E-state index contributed by atoms with van der Waals surface area (Å²) >= 11 is 3.32. The Kier molecular flexibility index (Phi) is 6.06. The van der Waals surface area contributed by atoms with Gasteiger partial charge in [0.2, 0.25) is 0 Å². The molecule has 0 aliphatic carbocycles. The molecule has 1 rings (SSSR count). The molecule has 0 spiro atoms. The van der Waals surface area contributed by atoms with Crippen LogP contribution >= 0.6 is 15.9 Å². The van der Waals surface area contributed by atoms with Gasteiger partial charge in [0.1, 0.15) is 5.82 Å². The van der Waals surface area contributed by atoms with E-state index in [1.54, 1.807) is 13.2 Å². The van der Waals surface area contributed by atoms with Gasteiger partial charge in [-0.1, -0.05) is 6.92 Å². The van der Waals surface area contributed by atoms with Gasteiger partial charge in [-0.2, -0.15) is 13.2 Å². The fourth-order valence-electron chi connectivity index (χ4n) is 1.61. The van der Waals surface area contributed by atoms with Gasteiger partial charge in [-0.3, -0.25) is 0 Å². The SMILES string of the molecule is CCNCc1cc(Br)cnc1N(C)CCC(F)(F)F. The summed E-state index contributed by atoms with van der Waals surface area (Å²) in [5, 5.41) is 3.15. The van der Waals surface area contributed by atoms with Gasteiger partial charge in [0.15, 0.2) is 0 Å². The average Bonchev–Trinajstić information content (AvgIpc) is 2.32. The molecule has 1 aromatic rings. The van der Waals surface area contributed by atoms with E-state index in [1.807, 2.05) is 13.0 Å². The van der Waals surface area contributed by atoms with Gasteiger partial charge in [0.25, 0.3) is 0 Å². The summed E-state index contributed by atoms with van der Waals surface area (Å²) in [6, 6.07) is 1.87. The lowest BCUT2D eigenvalue weighted by Gasteiger charge is -2.22. The van der Waals surface area contributed by atoms with Crippen LogP contribution < -0.4 is 10.2 Å². The molecule has 108 valence electrons. The third-order valence-corrected chi connectivity index (χ3v) is 3.00. The van der Waals surface area contributed by atoms with Crippen LogP contribution in [0, 0.1) is 0 Å². The van der Waals surface area contributed by atoms with E-state index >= 15 is 0 Å². The maximum absolute atomic E-state index is 12.2. The number of rotatable bonds is 6. The van der Waals surface area contributed by atoms with Gasteiger partial charge < -0.3 is 10.2 Å². The smallest absolute Gasteiger partial charge is 0.359 e. The number of halogens is 4. The van der Waals surface area contributed by atoms with Crippen molar-refractivity contribution in [3.05, 3.63) is 22.3 Å². The molecule has 3 nitrogen and oxygen atoms in total. The van der Waals surface area contributed by atoms with Crippen molar-refractivity contribution >= 4 is 21.7 Å². The summed E-state index contributed by atoms with van der Waals surface area (Å²) in [6.45, 7) is 3.24. The summed E-state index contributed by atoms with van der Waals surface area (Å²) in [5.74, 6) is 0.577. The van der Waals surface area contributed by atoms with E-state index in [4.69, 9.17) is 0 Å². The molecule has 1 N–H and O–H groups in total. The summed E-state index contributed by atoms with van der Waals surface area (Å²) in [6.07, 6.45) is -3.40. The molecule has 0 saturated carbocycles. The van der Waals surface area contributed by atoms with Gasteiger partial charge in [-0.15, -0.1) is 0 Å². The van der Waals surface area contributed by atoms with Gasteiger partial charge in [0.05, 0.1) is 6.42 Å². The molecule has 0 saturated heterocycles. The normalized spacial score (nSPS) is 11.7. The Morgan fingerprint density at radius 1 is 1.42 bits per heavy atom. The molecule has 0 bridgehead atoms. The first kappa shape index (κ1) is 16.2. The second kappa shape index (κ2) is 7.09. The fourth-order valence-corrected chi connectivity index (χ4v) is 1.99. The highest BCUT2D eigenvalue weighted by Gasteiger charge is 2.27. The van der Waals surface area contributed by atoms with Crippen LogP contribution in [0.4, 0.5) is 19.0 Å². The molecular weight excluding hydrogens is 323 g/mol. The molecule has 0 fully saturated rings. The van der Waals surface area contributed by atoms with Crippen LogP contribution in [-0.2, 0) is 6.54 Å². The number of alkyl halides is 3. The molecule has 0 aliphatic rings. The standard InChI is InChI=1S/C12H17BrF3N3/c1-3-17-7-9-6-10(13)8-18-11(9)19(2)5-4-12(14,15)16/h6,8,17H,3-5,7H2,1-2H3. The molecule has 0 aromatic carbocycles. The van der Waals surface area contributed by atoms with E-state index in [0.29, 0.717) is 12.4 Å². The van der Waals surface area contributed by atoms with E-state index < -0.39 is 12.6 Å². The molecule has 1 heterocycles. The number of hydrogen-bond donors (Lipinski definition) is 1. The number of pyridine rings is 1. The molecule has 1 aromatic heterocycles. The summed E-state index contributed by atoms with van der Waals surface area (Å²) in [4.78, 5) is 5.74. The van der Waals surface area contributed by atoms with Crippen LogP contribution in [0.15, 0.2) is 16.7 Å². The first-order valence-electron chi connectivity index (χ1n) is 5.96. The minimum absolute atomic E-state index is 0.0999. The topological polar surface area (TPSA) is 28.2 Å². The zero-order valence-corrected chi connectivity index (χ0v) is 12.5. The molecule has 7 heteroatoms. The Morgan fingerprint density at radius 2 is 2.11 bits per heavy atom. The lowest BCUT2D eigenvalue weighted by molar-refractivity contribution is -0.132. The van der Waals surface area contributed by atoms with Crippen LogP contribution in [0.5, 0.6) is 0 Å². The summed E-state index contributed by atoms with van der Waals surface area (Å²) in [5.41, 5.74) is 0.876. The maximum Gasteiger partial charge on any atom is 0.390 e. The minimum atomic E-state index is -4.15. The van der Waals surface area contributed by atoms with Crippen LogP contribution in [0.3, 0.4) is 0 Å². The summed E-state index contributed by atoms with van der Waals surface area (Å²) in [7, 11) is 1.62. The Labute approximate surface area is 119 Å². The predicted molar refractivity (Wildman–Crippen MR) is 73.3 cm³/mol. The highest BCUT2D eigenvalue weighted by molar-refractivity contribution is 9.10. The quantitative estimate of drug-likeness (QED) is 0.861. The number of nitrogens with one attached hydrogen (secondary N) is 1. The van der Waals surface area contributed by atoms with Crippen molar-refractivity contribution in [3.8, 4) is 0 Å². The van der Waals surface area contributed by atoms with Gasteiger partial charge in [0, 0.05) is 36.4 Å². The van der Waals surface area contributed by atoms with Crippen LogP contribution in [0.1, 0.15) is 18.9 Å². The number of aromatic nitrogens is 1. The molecule has 19 heavy (non-hydrogen) atoms. The third-order valence-electron chi connectivity index (χ3n) is 2.57. The van der Waals surface area contributed by atoms with Crippen molar-refractivity contribution in [1.82, 2.24) is 10.3 Å². The molecule has 0 radical (unpaired) electrons. The van der Waals surface area contributed by atoms with Crippen molar-refractivity contribution < 1.29 is 13.2 Å². The first-order chi connectivity index (χ1) is 8.83. The van der Waals surface area contributed by atoms with E-state index in [1.165, 1.54) is 4.90 Å². The second-order valence-corrected chi connectivity index (χ2v) is 5.12. The summed E-state index contributed by atoms with van der Waals surface area (Å²) < 4.78 is 37.5. The molecule has 0 atom stereocenters. The van der Waals surface area contributed by atoms with Gasteiger partial charge >= 0.3 is 6.18 Å². The largest absolute Gasteiger partial charge is 0.390 e. The van der Waals surface area contributed by atoms with E-state index in [-0.39, 0.29) is 6.54 Å². The van der Waals surface area contributed by atoms with Crippen LogP contribution in [-0.4, -0.2) is 31.3 Å². The molecule has 0 unspecified atom stereocenters. The Hall–Kier alpha value is -0.820. The van der Waals surface area contributed by atoms with Crippen molar-refractivity contribution in [1.29, 1.82) is 0 Å². The lowest BCUT2D eigenvalue weighted by Crippen LogP contribution is -2.26. The zero-order chi connectivity index (χ0) is 14.5.